The van der Waals surface area contributed by atoms with Gasteiger partial charge in [0.2, 0.25) is 0 Å². The number of ether oxygens (including phenoxy) is 1. The molecule has 0 saturated heterocycles. The number of aromatic amines is 1. The summed E-state index contributed by atoms with van der Waals surface area (Å²) in [6.07, 6.45) is 22.5. The third-order valence-corrected chi connectivity index (χ3v) is 10.9. The van der Waals surface area contributed by atoms with Gasteiger partial charge in [0.25, 0.3) is 5.91 Å². The van der Waals surface area contributed by atoms with E-state index in [-0.39, 0.29) is 11.4 Å². The van der Waals surface area contributed by atoms with Gasteiger partial charge in [0.15, 0.2) is 11.5 Å². The summed E-state index contributed by atoms with van der Waals surface area (Å²) >= 11 is 1.74. The molecule has 0 fully saturated rings. The monoisotopic (exact) mass is 792 g/mol. The van der Waals surface area contributed by atoms with E-state index in [4.69, 9.17) is 11.2 Å². The van der Waals surface area contributed by atoms with Crippen LogP contribution >= 0.6 is 11.8 Å². The zero-order valence-corrected chi connectivity index (χ0v) is 34.8. The van der Waals surface area contributed by atoms with Crippen molar-refractivity contribution in [1.29, 1.82) is 0 Å². The average molecular weight is 793 g/mol. The van der Waals surface area contributed by atoms with E-state index < -0.39 is 11.9 Å². The van der Waals surface area contributed by atoms with Crippen LogP contribution in [0.4, 0.5) is 5.69 Å². The molecule has 9 nitrogen and oxygen atoms in total. The Morgan fingerprint density at radius 2 is 1.78 bits per heavy atom. The number of nitrogens with zero attached hydrogens (tertiary/aromatic N) is 4. The van der Waals surface area contributed by atoms with E-state index in [1.165, 1.54) is 42.7 Å². The van der Waals surface area contributed by atoms with E-state index >= 15 is 0 Å². The molecule has 2 unspecified atom stereocenters. The maximum Gasteiger partial charge on any atom is 0.270 e. The van der Waals surface area contributed by atoms with E-state index in [0.717, 1.165) is 43.7 Å². The molecule has 3 N–H and O–H groups in total. The first-order valence-corrected chi connectivity index (χ1v) is 21.1. The summed E-state index contributed by atoms with van der Waals surface area (Å²) in [6.45, 7) is 9.87. The Kier molecular flexibility index (Phi) is 16.7. The van der Waals surface area contributed by atoms with Gasteiger partial charge < -0.3 is 20.1 Å². The standard InChI is InChI=1S/C48H52N6O3S/c1-6-10-13-15-17-19-25-36(5)49-48(56)45-39(27-20-23-30-44-53(33-24-18-16-14-11-7-2)41-28-21-22-29-43(41)58-44)46-50-51-47(54(46)52-45)40-34-38(31-32-42(40)55)57-35-37(9-4)26-12-8-3/h1,21-23,27-32,34,36-37,52,55H,7-9,11-12,14,16,18,24,26,33,35H2,2-5H3,(H,49,56). The molecule has 2 atom stereocenters. The molecule has 2 aromatic heterocycles. The molecule has 0 saturated carbocycles. The Bertz CT molecular complexity index is 2370. The van der Waals surface area contributed by atoms with Crippen LogP contribution in [-0.4, -0.2) is 50.0 Å². The molecule has 0 spiro atoms. The van der Waals surface area contributed by atoms with Crippen LogP contribution in [0.15, 0.2) is 70.3 Å². The molecule has 0 aliphatic carbocycles. The van der Waals surface area contributed by atoms with Crippen LogP contribution in [0.1, 0.15) is 108 Å². The van der Waals surface area contributed by atoms with Gasteiger partial charge in [0.1, 0.15) is 17.2 Å². The minimum atomic E-state index is -0.548. The number of benzene rings is 2. The van der Waals surface area contributed by atoms with Gasteiger partial charge in [0, 0.05) is 11.4 Å². The second kappa shape index (κ2) is 22.5. The van der Waals surface area contributed by atoms with Crippen LogP contribution in [0.25, 0.3) is 23.1 Å². The highest BCUT2D eigenvalue weighted by atomic mass is 32.2. The first kappa shape index (κ1) is 43.0. The lowest BCUT2D eigenvalue weighted by Gasteiger charge is -2.20. The second-order valence-corrected chi connectivity index (χ2v) is 15.1. The van der Waals surface area contributed by atoms with Crippen molar-refractivity contribution >= 4 is 35.1 Å². The highest BCUT2D eigenvalue weighted by molar-refractivity contribution is 8.03. The van der Waals surface area contributed by atoms with Crippen molar-refractivity contribution in [3.8, 4) is 70.8 Å². The lowest BCUT2D eigenvalue weighted by molar-refractivity contribution is 0.0942. The van der Waals surface area contributed by atoms with Gasteiger partial charge in [-0.2, -0.15) is 0 Å². The smallest absolute Gasteiger partial charge is 0.270 e. The largest absolute Gasteiger partial charge is 0.507 e. The first-order valence-electron chi connectivity index (χ1n) is 20.3. The molecule has 3 heterocycles. The van der Waals surface area contributed by atoms with Crippen LogP contribution in [-0.2, 0) is 0 Å². The fourth-order valence-electron chi connectivity index (χ4n) is 6.52. The SMILES string of the molecule is C#CC#CC#CC#CC(C)NC(=O)c1[nH]n2c(-c3cc(OCC(CC)CCCC)ccc3O)nnc2c1C=C=CC=C1Sc2ccccc2N1CCCCCCCC. The lowest BCUT2D eigenvalue weighted by Crippen LogP contribution is -2.32. The molecule has 1 aliphatic rings. The highest BCUT2D eigenvalue weighted by Gasteiger charge is 2.25. The number of terminal acetylenes is 1. The lowest BCUT2D eigenvalue weighted by atomic mass is 10.0. The average Bonchev–Trinajstić information content (AvgIpc) is 3.92. The second-order valence-electron chi connectivity index (χ2n) is 14.1. The molecule has 1 amide bonds. The molecule has 4 aromatic rings. The van der Waals surface area contributed by atoms with E-state index in [1.807, 2.05) is 6.08 Å². The number of aromatic hydroxyl groups is 1. The van der Waals surface area contributed by atoms with Gasteiger partial charge in [-0.15, -0.1) is 22.4 Å². The molecule has 10 heteroatoms. The number of para-hydroxylation sites is 1. The predicted octanol–water partition coefficient (Wildman–Crippen LogP) is 9.77. The van der Waals surface area contributed by atoms with Crippen LogP contribution in [0.3, 0.4) is 0 Å². The van der Waals surface area contributed by atoms with Gasteiger partial charge in [-0.05, 0) is 110 Å². The topological polar surface area (TPSA) is 108 Å². The third-order valence-electron chi connectivity index (χ3n) is 9.74. The van der Waals surface area contributed by atoms with Crippen molar-refractivity contribution in [3.05, 3.63) is 76.6 Å². The number of thioether (sulfide) groups is 1. The summed E-state index contributed by atoms with van der Waals surface area (Å²) < 4.78 is 7.79. The van der Waals surface area contributed by atoms with Crippen LogP contribution in [0, 0.1) is 53.8 Å². The summed E-state index contributed by atoms with van der Waals surface area (Å²) in [5.74, 6) is 18.8. The number of unbranched alkanes of at least 4 members (excludes halogenated alkanes) is 6. The number of fused-ring (bicyclic) bond motifs is 2. The molecule has 0 radical (unpaired) electrons. The molecular formula is C48H52N6O3S. The van der Waals surface area contributed by atoms with Crippen molar-refractivity contribution < 1.29 is 14.6 Å². The molecule has 298 valence electrons. The Labute approximate surface area is 347 Å². The number of nitrogens with one attached hydrogen (secondary N) is 2. The maximum atomic E-state index is 13.8. The molecular weight excluding hydrogens is 741 g/mol. The Hall–Kier alpha value is -6.16. The number of allylic oxidation sites excluding steroid dienone is 2. The molecule has 1 aliphatic heterocycles. The zero-order chi connectivity index (χ0) is 41.1. The Balaban J connectivity index is 1.46. The van der Waals surface area contributed by atoms with Gasteiger partial charge in [0.05, 0.1) is 34.5 Å². The fourth-order valence-corrected chi connectivity index (χ4v) is 7.61. The van der Waals surface area contributed by atoms with Crippen LogP contribution in [0.2, 0.25) is 0 Å². The Morgan fingerprint density at radius 1 is 1.00 bits per heavy atom. The number of hydrogen-bond acceptors (Lipinski definition) is 7. The van der Waals surface area contributed by atoms with Crippen LogP contribution < -0.4 is 15.0 Å². The summed E-state index contributed by atoms with van der Waals surface area (Å²) in [5.41, 5.74) is 5.98. The van der Waals surface area contributed by atoms with Crippen molar-refractivity contribution in [2.45, 2.75) is 103 Å². The summed E-state index contributed by atoms with van der Waals surface area (Å²) in [6, 6.07) is 13.0. The number of carbonyl (C=O) groups is 1. The first-order chi connectivity index (χ1) is 28.4. The van der Waals surface area contributed by atoms with E-state index in [2.05, 4.69) is 124 Å². The van der Waals surface area contributed by atoms with Gasteiger partial charge in [-0.1, -0.05) is 102 Å². The molecule has 58 heavy (non-hydrogen) atoms. The maximum absolute atomic E-state index is 13.8. The van der Waals surface area contributed by atoms with Crippen molar-refractivity contribution in [2.75, 3.05) is 18.1 Å². The molecule has 2 aromatic carbocycles. The number of carbonyl (C=O) groups excluding carboxylic acids is 1. The van der Waals surface area contributed by atoms with Crippen molar-refractivity contribution in [2.24, 2.45) is 5.92 Å². The number of hydrogen-bond donors (Lipinski definition) is 3. The molecule has 0 bridgehead atoms. The third kappa shape index (κ3) is 11.7. The van der Waals surface area contributed by atoms with E-state index in [9.17, 15) is 9.90 Å². The van der Waals surface area contributed by atoms with E-state index in [1.54, 1.807) is 47.5 Å². The quantitative estimate of drug-likeness (QED) is 0.0493. The summed E-state index contributed by atoms with van der Waals surface area (Å²) in [5, 5.41) is 27.1. The summed E-state index contributed by atoms with van der Waals surface area (Å²) in [7, 11) is 0. The number of phenolic OH excluding ortho intramolecular Hbond substituents is 1. The Morgan fingerprint density at radius 3 is 2.59 bits per heavy atom. The predicted molar refractivity (Wildman–Crippen MR) is 236 cm³/mol. The van der Waals surface area contributed by atoms with Gasteiger partial charge >= 0.3 is 0 Å². The van der Waals surface area contributed by atoms with Gasteiger partial charge in [-0.25, -0.2) is 4.52 Å². The zero-order valence-electron chi connectivity index (χ0n) is 34.0. The highest BCUT2D eigenvalue weighted by Crippen LogP contribution is 2.46. The van der Waals surface area contributed by atoms with Gasteiger partial charge in [-0.3, -0.25) is 9.89 Å². The minimum absolute atomic E-state index is 0.00130. The molecule has 5 rings (SSSR count). The van der Waals surface area contributed by atoms with E-state index in [0.29, 0.717) is 40.9 Å². The number of phenols is 1. The normalized spacial score (nSPS) is 13.1. The summed E-state index contributed by atoms with van der Waals surface area (Å²) in [4.78, 5) is 17.4. The minimum Gasteiger partial charge on any atom is -0.507 e. The van der Waals surface area contributed by atoms with Crippen LogP contribution in [0.5, 0.6) is 11.5 Å². The number of H-pyrrole nitrogens is 1. The number of anilines is 1. The fraction of sp³-hybridized carbons (Fsp3) is 0.375. The number of rotatable bonds is 19. The van der Waals surface area contributed by atoms with Crippen molar-refractivity contribution in [3.63, 3.8) is 0 Å². The number of amides is 1. The van der Waals surface area contributed by atoms with Crippen molar-refractivity contribution in [1.82, 2.24) is 25.1 Å². The number of aromatic nitrogens is 4.